The lowest BCUT2D eigenvalue weighted by molar-refractivity contribution is 0.0867. The van der Waals surface area contributed by atoms with Crippen molar-refractivity contribution in [2.24, 2.45) is 0 Å². The molecule has 86 valence electrons. The SMILES string of the molecule is CN1CCC[C@@H]2c3cc(O)ccc3OC[C@H]21. The summed E-state index contributed by atoms with van der Waals surface area (Å²) in [4.78, 5) is 2.38. The Kier molecular flexibility index (Phi) is 2.28. The van der Waals surface area contributed by atoms with E-state index in [9.17, 15) is 5.11 Å². The van der Waals surface area contributed by atoms with Gasteiger partial charge in [0.2, 0.25) is 0 Å². The molecule has 0 saturated carbocycles. The lowest BCUT2D eigenvalue weighted by atomic mass is 9.82. The summed E-state index contributed by atoms with van der Waals surface area (Å²) in [6.45, 7) is 1.93. The van der Waals surface area contributed by atoms with E-state index in [0.717, 1.165) is 18.9 Å². The normalized spacial score (nSPS) is 29.1. The third kappa shape index (κ3) is 1.47. The number of nitrogens with zero attached hydrogens (tertiary/aromatic N) is 1. The second kappa shape index (κ2) is 3.67. The largest absolute Gasteiger partial charge is 0.508 e. The molecule has 0 unspecified atom stereocenters. The van der Waals surface area contributed by atoms with Crippen LogP contribution in [0.1, 0.15) is 24.3 Å². The van der Waals surface area contributed by atoms with Crippen LogP contribution in [0.4, 0.5) is 0 Å². The molecule has 0 bridgehead atoms. The van der Waals surface area contributed by atoms with Gasteiger partial charge in [-0.05, 0) is 44.6 Å². The van der Waals surface area contributed by atoms with Crippen LogP contribution in [0.15, 0.2) is 18.2 Å². The van der Waals surface area contributed by atoms with Crippen molar-refractivity contribution in [1.29, 1.82) is 0 Å². The van der Waals surface area contributed by atoms with Crippen molar-refractivity contribution in [3.8, 4) is 11.5 Å². The molecule has 1 aromatic carbocycles. The molecule has 2 aliphatic rings. The number of hydrogen-bond acceptors (Lipinski definition) is 3. The number of likely N-dealkylation sites (tertiary alicyclic amines) is 1. The Bertz CT molecular complexity index is 405. The van der Waals surface area contributed by atoms with Gasteiger partial charge in [-0.2, -0.15) is 0 Å². The predicted molar refractivity (Wildman–Crippen MR) is 62.0 cm³/mol. The van der Waals surface area contributed by atoms with Gasteiger partial charge in [0.05, 0.1) is 6.04 Å². The van der Waals surface area contributed by atoms with Crippen LogP contribution >= 0.6 is 0 Å². The van der Waals surface area contributed by atoms with Crippen molar-refractivity contribution in [2.45, 2.75) is 24.8 Å². The third-order valence-electron chi connectivity index (χ3n) is 3.86. The highest BCUT2D eigenvalue weighted by molar-refractivity contribution is 5.44. The van der Waals surface area contributed by atoms with Crippen LogP contribution in [-0.2, 0) is 0 Å². The van der Waals surface area contributed by atoms with E-state index >= 15 is 0 Å². The average molecular weight is 219 g/mol. The Labute approximate surface area is 95.6 Å². The van der Waals surface area contributed by atoms with Gasteiger partial charge in [-0.3, -0.25) is 4.90 Å². The monoisotopic (exact) mass is 219 g/mol. The summed E-state index contributed by atoms with van der Waals surface area (Å²) in [6, 6.07) is 5.93. The highest BCUT2D eigenvalue weighted by Gasteiger charge is 2.35. The smallest absolute Gasteiger partial charge is 0.123 e. The Morgan fingerprint density at radius 3 is 3.19 bits per heavy atom. The molecule has 1 fully saturated rings. The van der Waals surface area contributed by atoms with Crippen LogP contribution < -0.4 is 4.74 Å². The molecule has 1 aromatic rings. The summed E-state index contributed by atoms with van der Waals surface area (Å²) >= 11 is 0. The molecule has 2 heterocycles. The number of fused-ring (bicyclic) bond motifs is 3. The number of aromatic hydroxyl groups is 1. The fourth-order valence-electron chi connectivity index (χ4n) is 2.96. The molecule has 3 nitrogen and oxygen atoms in total. The van der Waals surface area contributed by atoms with Gasteiger partial charge in [0.15, 0.2) is 0 Å². The first kappa shape index (κ1) is 9.97. The lowest BCUT2D eigenvalue weighted by Gasteiger charge is -2.42. The van der Waals surface area contributed by atoms with Crippen LogP contribution in [0.3, 0.4) is 0 Å². The summed E-state index contributed by atoms with van der Waals surface area (Å²) in [7, 11) is 2.16. The van der Waals surface area contributed by atoms with Crippen molar-refractivity contribution < 1.29 is 9.84 Å². The summed E-state index contributed by atoms with van der Waals surface area (Å²) in [5, 5.41) is 9.58. The maximum absolute atomic E-state index is 9.58. The van der Waals surface area contributed by atoms with E-state index < -0.39 is 0 Å². The summed E-state index contributed by atoms with van der Waals surface area (Å²) < 4.78 is 5.77. The first-order valence-electron chi connectivity index (χ1n) is 5.91. The quantitative estimate of drug-likeness (QED) is 0.724. The molecular formula is C13H17NO2. The first-order valence-corrected chi connectivity index (χ1v) is 5.91. The lowest BCUT2D eigenvalue weighted by Crippen LogP contribution is -2.47. The van der Waals surface area contributed by atoms with Gasteiger partial charge < -0.3 is 9.84 Å². The van der Waals surface area contributed by atoms with Crippen LogP contribution in [0.2, 0.25) is 0 Å². The highest BCUT2D eigenvalue weighted by atomic mass is 16.5. The molecule has 0 aliphatic carbocycles. The minimum absolute atomic E-state index is 0.344. The van der Waals surface area contributed by atoms with Crippen LogP contribution in [0.25, 0.3) is 0 Å². The number of piperidine rings is 1. The highest BCUT2D eigenvalue weighted by Crippen LogP contribution is 2.41. The standard InChI is InChI=1S/C13H17NO2/c1-14-6-2-3-10-11-7-9(15)4-5-13(11)16-8-12(10)14/h4-5,7,10,12,15H,2-3,6,8H2,1H3/t10-,12-/m1/s1. The molecule has 1 N–H and O–H groups in total. The summed E-state index contributed by atoms with van der Waals surface area (Å²) in [5.41, 5.74) is 1.18. The maximum atomic E-state index is 9.58. The number of hydrogen-bond donors (Lipinski definition) is 1. The number of rotatable bonds is 0. The first-order chi connectivity index (χ1) is 7.75. The molecule has 3 rings (SSSR count). The topological polar surface area (TPSA) is 32.7 Å². The van der Waals surface area contributed by atoms with Gasteiger partial charge in [0.1, 0.15) is 18.1 Å². The molecule has 2 atom stereocenters. The second-order valence-corrected chi connectivity index (χ2v) is 4.83. The van der Waals surface area contributed by atoms with Gasteiger partial charge >= 0.3 is 0 Å². The van der Waals surface area contributed by atoms with Crippen molar-refractivity contribution in [1.82, 2.24) is 4.90 Å². The van der Waals surface area contributed by atoms with Crippen molar-refractivity contribution in [3.63, 3.8) is 0 Å². The molecule has 0 aromatic heterocycles. The number of benzene rings is 1. The average Bonchev–Trinajstić information content (AvgIpc) is 2.29. The zero-order valence-corrected chi connectivity index (χ0v) is 9.52. The molecule has 0 amide bonds. The van der Waals surface area contributed by atoms with Crippen LogP contribution in [-0.4, -0.2) is 36.2 Å². The zero-order chi connectivity index (χ0) is 11.1. The Morgan fingerprint density at radius 2 is 2.31 bits per heavy atom. The predicted octanol–water partition coefficient (Wildman–Crippen LogP) is 1.96. The van der Waals surface area contributed by atoms with E-state index in [4.69, 9.17) is 4.74 Å². The minimum atomic E-state index is 0.344. The van der Waals surface area contributed by atoms with Gasteiger partial charge in [0, 0.05) is 11.5 Å². The summed E-state index contributed by atoms with van der Waals surface area (Å²) in [5.74, 6) is 1.82. The van der Waals surface area contributed by atoms with E-state index in [1.807, 2.05) is 12.1 Å². The fourth-order valence-corrected chi connectivity index (χ4v) is 2.96. The molecule has 0 radical (unpaired) electrons. The van der Waals surface area contributed by atoms with Crippen molar-refractivity contribution in [3.05, 3.63) is 23.8 Å². The number of likely N-dealkylation sites (N-methyl/N-ethyl adjacent to an activating group) is 1. The molecule has 1 saturated heterocycles. The molecule has 2 aliphatic heterocycles. The number of ether oxygens (including phenoxy) is 1. The van der Waals surface area contributed by atoms with E-state index in [1.54, 1.807) is 6.07 Å². The minimum Gasteiger partial charge on any atom is -0.508 e. The zero-order valence-electron chi connectivity index (χ0n) is 9.52. The Balaban J connectivity index is 2.01. The van der Waals surface area contributed by atoms with E-state index in [1.165, 1.54) is 18.4 Å². The Morgan fingerprint density at radius 1 is 1.44 bits per heavy atom. The molecule has 16 heavy (non-hydrogen) atoms. The van der Waals surface area contributed by atoms with Gasteiger partial charge in [0.25, 0.3) is 0 Å². The molecule has 3 heteroatoms. The second-order valence-electron chi connectivity index (χ2n) is 4.83. The van der Waals surface area contributed by atoms with Gasteiger partial charge in [-0.15, -0.1) is 0 Å². The van der Waals surface area contributed by atoms with E-state index in [2.05, 4.69) is 11.9 Å². The van der Waals surface area contributed by atoms with E-state index in [0.29, 0.717) is 17.7 Å². The molecular weight excluding hydrogens is 202 g/mol. The van der Waals surface area contributed by atoms with Crippen LogP contribution in [0.5, 0.6) is 11.5 Å². The van der Waals surface area contributed by atoms with Crippen molar-refractivity contribution in [2.75, 3.05) is 20.2 Å². The number of phenols is 1. The Hall–Kier alpha value is -1.22. The summed E-state index contributed by atoms with van der Waals surface area (Å²) in [6.07, 6.45) is 2.43. The van der Waals surface area contributed by atoms with Gasteiger partial charge in [-0.1, -0.05) is 0 Å². The fraction of sp³-hybridized carbons (Fsp3) is 0.538. The van der Waals surface area contributed by atoms with Gasteiger partial charge in [-0.25, -0.2) is 0 Å². The van der Waals surface area contributed by atoms with Crippen molar-refractivity contribution >= 4 is 0 Å². The third-order valence-corrected chi connectivity index (χ3v) is 3.86. The van der Waals surface area contributed by atoms with E-state index in [-0.39, 0.29) is 0 Å². The van der Waals surface area contributed by atoms with Crippen LogP contribution in [0, 0.1) is 0 Å². The molecule has 0 spiro atoms. The maximum Gasteiger partial charge on any atom is 0.123 e. The number of phenolic OH excluding ortho intramolecular Hbond substituents is 1.